The summed E-state index contributed by atoms with van der Waals surface area (Å²) in [6, 6.07) is 3.53. The monoisotopic (exact) mass is 323 g/mol. The van der Waals surface area contributed by atoms with Gasteiger partial charge in [-0.1, -0.05) is 0 Å². The van der Waals surface area contributed by atoms with Crippen molar-refractivity contribution in [3.8, 4) is 0 Å². The second kappa shape index (κ2) is 5.41. The van der Waals surface area contributed by atoms with E-state index in [0.717, 1.165) is 28.8 Å². The first-order valence-electron chi connectivity index (χ1n) is 7.26. The molecule has 0 radical (unpaired) electrons. The first-order chi connectivity index (χ1) is 9.15. The van der Waals surface area contributed by atoms with Crippen molar-refractivity contribution < 1.29 is 0 Å². The van der Waals surface area contributed by atoms with E-state index in [1.165, 1.54) is 31.2 Å². The van der Waals surface area contributed by atoms with Crippen molar-refractivity contribution in [2.24, 2.45) is 5.92 Å². The third kappa shape index (κ3) is 3.29. The fraction of sp³-hybridized carbons (Fsp3) is 0.667. The Morgan fingerprint density at radius 3 is 2.79 bits per heavy atom. The molecule has 0 spiro atoms. The van der Waals surface area contributed by atoms with Crippen molar-refractivity contribution in [2.75, 3.05) is 11.9 Å². The predicted molar refractivity (Wildman–Crippen MR) is 82.4 cm³/mol. The van der Waals surface area contributed by atoms with Gasteiger partial charge in [-0.05, 0) is 60.5 Å². The molecule has 1 heterocycles. The Hall–Kier alpha value is -0.610. The minimum absolute atomic E-state index is 0.591. The van der Waals surface area contributed by atoms with Crippen LogP contribution in [0.4, 0.5) is 5.82 Å². The second-order valence-corrected chi connectivity index (χ2v) is 6.90. The number of hydrogen-bond donors (Lipinski definition) is 1. The maximum atomic E-state index is 4.65. The lowest BCUT2D eigenvalue weighted by atomic mass is 10.1. The Morgan fingerprint density at radius 1 is 1.42 bits per heavy atom. The van der Waals surface area contributed by atoms with Crippen molar-refractivity contribution >= 4 is 21.7 Å². The van der Waals surface area contributed by atoms with Crippen LogP contribution in [0.3, 0.4) is 0 Å². The Labute approximate surface area is 123 Å². The lowest BCUT2D eigenvalue weighted by molar-refractivity contribution is 0.597. The molecule has 2 aliphatic rings. The summed E-state index contributed by atoms with van der Waals surface area (Å²) >= 11 is 3.54. The van der Waals surface area contributed by atoms with Crippen LogP contribution >= 0.6 is 15.9 Å². The van der Waals surface area contributed by atoms with Crippen LogP contribution in [0.2, 0.25) is 0 Å². The van der Waals surface area contributed by atoms with Crippen LogP contribution in [-0.4, -0.2) is 24.1 Å². The molecule has 3 rings (SSSR count). The summed E-state index contributed by atoms with van der Waals surface area (Å²) in [5.74, 6) is 2.00. The molecular weight excluding hydrogens is 302 g/mol. The molecule has 1 unspecified atom stereocenters. The maximum absolute atomic E-state index is 4.65. The van der Waals surface area contributed by atoms with Crippen LogP contribution in [0.15, 0.2) is 16.7 Å². The highest BCUT2D eigenvalue weighted by Gasteiger charge is 2.32. The minimum atomic E-state index is 0.591. The van der Waals surface area contributed by atoms with E-state index in [1.807, 2.05) is 6.20 Å². The Bertz CT molecular complexity index is 455. The zero-order valence-electron chi connectivity index (χ0n) is 11.7. The van der Waals surface area contributed by atoms with Gasteiger partial charge in [0.2, 0.25) is 0 Å². The summed E-state index contributed by atoms with van der Waals surface area (Å²) in [4.78, 5) is 7.00. The fourth-order valence-corrected chi connectivity index (χ4v) is 2.93. The number of nitrogens with zero attached hydrogens (tertiary/aromatic N) is 2. The Kier molecular flexibility index (Phi) is 3.81. The fourth-order valence-electron chi connectivity index (χ4n) is 2.55. The smallest absolute Gasteiger partial charge is 0.133 e. The molecule has 1 N–H and O–H groups in total. The SMILES string of the molecule is CC(C1CC1)N(C)c1ncc(Br)cc1CNC1CC1. The van der Waals surface area contributed by atoms with Gasteiger partial charge in [-0.3, -0.25) is 0 Å². The van der Waals surface area contributed by atoms with E-state index in [1.54, 1.807) is 0 Å². The summed E-state index contributed by atoms with van der Waals surface area (Å²) in [6.45, 7) is 3.24. The van der Waals surface area contributed by atoms with Crippen LogP contribution in [0.1, 0.15) is 38.2 Å². The van der Waals surface area contributed by atoms with Crippen molar-refractivity contribution in [3.05, 3.63) is 22.3 Å². The molecule has 19 heavy (non-hydrogen) atoms. The third-order valence-corrected chi connectivity index (χ3v) is 4.75. The van der Waals surface area contributed by atoms with E-state index in [2.05, 4.69) is 51.2 Å². The van der Waals surface area contributed by atoms with Gasteiger partial charge in [0.25, 0.3) is 0 Å². The van der Waals surface area contributed by atoms with E-state index in [9.17, 15) is 0 Å². The summed E-state index contributed by atoms with van der Waals surface area (Å²) in [5.41, 5.74) is 1.30. The number of pyridine rings is 1. The van der Waals surface area contributed by atoms with Gasteiger partial charge in [0.1, 0.15) is 5.82 Å². The van der Waals surface area contributed by atoms with Crippen LogP contribution in [0.5, 0.6) is 0 Å². The molecule has 0 aliphatic heterocycles. The molecule has 1 aromatic heterocycles. The second-order valence-electron chi connectivity index (χ2n) is 5.98. The summed E-state index contributed by atoms with van der Waals surface area (Å²) < 4.78 is 1.07. The maximum Gasteiger partial charge on any atom is 0.133 e. The number of halogens is 1. The average molecular weight is 324 g/mol. The molecule has 0 aromatic carbocycles. The van der Waals surface area contributed by atoms with Gasteiger partial charge in [0.15, 0.2) is 0 Å². The number of anilines is 1. The van der Waals surface area contributed by atoms with Crippen molar-refractivity contribution in [1.29, 1.82) is 0 Å². The molecule has 1 atom stereocenters. The van der Waals surface area contributed by atoms with Gasteiger partial charge in [-0.25, -0.2) is 4.98 Å². The summed E-state index contributed by atoms with van der Waals surface area (Å²) in [5, 5.41) is 3.59. The summed E-state index contributed by atoms with van der Waals surface area (Å²) in [7, 11) is 2.18. The van der Waals surface area contributed by atoms with Gasteiger partial charge >= 0.3 is 0 Å². The quantitative estimate of drug-likeness (QED) is 0.870. The normalized spacial score (nSPS) is 20.4. The van der Waals surface area contributed by atoms with Gasteiger partial charge in [-0.15, -0.1) is 0 Å². The van der Waals surface area contributed by atoms with E-state index < -0.39 is 0 Å². The number of aromatic nitrogens is 1. The Morgan fingerprint density at radius 2 is 2.16 bits per heavy atom. The van der Waals surface area contributed by atoms with Crippen molar-refractivity contribution in [1.82, 2.24) is 10.3 Å². The molecule has 3 nitrogen and oxygen atoms in total. The van der Waals surface area contributed by atoms with Crippen LogP contribution < -0.4 is 10.2 Å². The third-order valence-electron chi connectivity index (χ3n) is 4.32. The molecule has 104 valence electrons. The van der Waals surface area contributed by atoms with Crippen molar-refractivity contribution in [2.45, 2.75) is 51.2 Å². The van der Waals surface area contributed by atoms with E-state index in [4.69, 9.17) is 0 Å². The first-order valence-corrected chi connectivity index (χ1v) is 8.05. The molecule has 2 fully saturated rings. The molecule has 0 bridgehead atoms. The van der Waals surface area contributed by atoms with Gasteiger partial charge in [-0.2, -0.15) is 0 Å². The topological polar surface area (TPSA) is 28.2 Å². The largest absolute Gasteiger partial charge is 0.356 e. The number of hydrogen-bond acceptors (Lipinski definition) is 3. The van der Waals surface area contributed by atoms with Crippen LogP contribution in [-0.2, 0) is 6.54 Å². The Balaban J connectivity index is 1.76. The lowest BCUT2D eigenvalue weighted by Crippen LogP contribution is -2.32. The molecule has 2 aliphatic carbocycles. The lowest BCUT2D eigenvalue weighted by Gasteiger charge is -2.28. The van der Waals surface area contributed by atoms with E-state index in [-0.39, 0.29) is 0 Å². The highest BCUT2D eigenvalue weighted by Crippen LogP contribution is 2.36. The molecule has 4 heteroatoms. The molecular formula is C15H22BrN3. The zero-order valence-corrected chi connectivity index (χ0v) is 13.3. The van der Waals surface area contributed by atoms with Crippen LogP contribution in [0.25, 0.3) is 0 Å². The molecule has 0 amide bonds. The standard InChI is InChI=1S/C15H22BrN3/c1-10(11-3-4-11)19(2)15-12(7-13(16)9-18-15)8-17-14-5-6-14/h7,9-11,14,17H,3-6,8H2,1-2H3. The minimum Gasteiger partial charge on any atom is -0.356 e. The zero-order chi connectivity index (χ0) is 13.4. The van der Waals surface area contributed by atoms with Crippen LogP contribution in [0, 0.1) is 5.92 Å². The van der Waals surface area contributed by atoms with Gasteiger partial charge in [0.05, 0.1) is 0 Å². The number of nitrogens with one attached hydrogen (secondary N) is 1. The predicted octanol–water partition coefficient (Wildman–Crippen LogP) is 3.33. The molecule has 1 aromatic rings. The molecule has 0 saturated heterocycles. The van der Waals surface area contributed by atoms with E-state index in [0.29, 0.717) is 6.04 Å². The van der Waals surface area contributed by atoms with Gasteiger partial charge < -0.3 is 10.2 Å². The number of rotatable bonds is 6. The molecule has 2 saturated carbocycles. The van der Waals surface area contributed by atoms with E-state index >= 15 is 0 Å². The van der Waals surface area contributed by atoms with Crippen molar-refractivity contribution in [3.63, 3.8) is 0 Å². The highest BCUT2D eigenvalue weighted by atomic mass is 79.9. The first kappa shape index (κ1) is 13.4. The summed E-state index contributed by atoms with van der Waals surface area (Å²) in [6.07, 6.45) is 7.30. The average Bonchev–Trinajstić information content (AvgIpc) is 3.28. The van der Waals surface area contributed by atoms with Gasteiger partial charge in [0, 0.05) is 41.9 Å². The highest BCUT2D eigenvalue weighted by molar-refractivity contribution is 9.10.